The molecule has 1 aliphatic heterocycles. The van der Waals surface area contributed by atoms with Gasteiger partial charge >= 0.3 is 0 Å². The average Bonchev–Trinajstić information content (AvgIpc) is 3.13. The van der Waals surface area contributed by atoms with Gasteiger partial charge in [-0.2, -0.15) is 5.10 Å². The van der Waals surface area contributed by atoms with Crippen molar-refractivity contribution in [1.29, 1.82) is 0 Å². The Morgan fingerprint density at radius 3 is 2.95 bits per heavy atom. The molecular weight excluding hydrogens is 258 g/mol. The molecular formula is C13H11N5O2. The van der Waals surface area contributed by atoms with Crippen LogP contribution in [0.25, 0.3) is 10.8 Å². The van der Waals surface area contributed by atoms with E-state index in [1.165, 1.54) is 6.33 Å². The maximum atomic E-state index is 5.41. The minimum absolute atomic E-state index is 0.264. The van der Waals surface area contributed by atoms with E-state index < -0.39 is 0 Å². The number of nitrogens with one attached hydrogen (secondary N) is 2. The molecule has 0 saturated carbocycles. The topological polar surface area (TPSA) is 85.0 Å². The predicted octanol–water partition coefficient (Wildman–Crippen LogP) is 1.69. The van der Waals surface area contributed by atoms with E-state index >= 15 is 0 Å². The molecule has 0 saturated heterocycles. The zero-order valence-corrected chi connectivity index (χ0v) is 10.5. The lowest BCUT2D eigenvalue weighted by molar-refractivity contribution is 0.174. The van der Waals surface area contributed by atoms with Gasteiger partial charge in [0.2, 0.25) is 6.79 Å². The first-order valence-corrected chi connectivity index (χ1v) is 6.16. The molecule has 0 unspecified atom stereocenters. The molecule has 0 spiro atoms. The minimum Gasteiger partial charge on any atom is -0.454 e. The number of nitrogens with zero attached hydrogens (tertiary/aromatic N) is 3. The van der Waals surface area contributed by atoms with Crippen molar-refractivity contribution in [1.82, 2.24) is 20.2 Å². The Labute approximate surface area is 114 Å². The van der Waals surface area contributed by atoms with Gasteiger partial charge < -0.3 is 14.8 Å². The van der Waals surface area contributed by atoms with E-state index in [4.69, 9.17) is 9.47 Å². The standard InChI is InChI=1S/C13H11N5O2/c1-2-14-13(15-5-12-16-6-17-18-12)9-4-11-10(3-8(1)9)19-7-20-11/h1-4,6H,5,7H2,(H,14,15)(H,16,17,18). The third-order valence-corrected chi connectivity index (χ3v) is 3.15. The highest BCUT2D eigenvalue weighted by molar-refractivity contribution is 5.94. The van der Waals surface area contributed by atoms with Crippen molar-refractivity contribution in [3.8, 4) is 11.5 Å². The number of H-pyrrole nitrogens is 1. The lowest BCUT2D eigenvalue weighted by atomic mass is 10.1. The van der Waals surface area contributed by atoms with Crippen molar-refractivity contribution in [3.63, 3.8) is 0 Å². The maximum absolute atomic E-state index is 5.41. The molecule has 0 aliphatic carbocycles. The van der Waals surface area contributed by atoms with E-state index in [2.05, 4.69) is 25.5 Å². The zero-order chi connectivity index (χ0) is 13.4. The first-order valence-electron chi connectivity index (χ1n) is 6.16. The van der Waals surface area contributed by atoms with Gasteiger partial charge in [-0.05, 0) is 23.6 Å². The lowest BCUT2D eigenvalue weighted by Gasteiger charge is -2.08. The van der Waals surface area contributed by atoms with Gasteiger partial charge in [-0.3, -0.25) is 5.10 Å². The molecule has 0 radical (unpaired) electrons. The van der Waals surface area contributed by atoms with Gasteiger partial charge in [0.05, 0.1) is 6.54 Å². The highest BCUT2D eigenvalue weighted by atomic mass is 16.7. The summed E-state index contributed by atoms with van der Waals surface area (Å²) in [6.07, 6.45) is 3.23. The SMILES string of the molecule is c1n[nH]c(CNc2nccc3cc4c(cc23)OCO4)n1. The Bertz CT molecular complexity index is 757. The van der Waals surface area contributed by atoms with Crippen molar-refractivity contribution in [2.24, 2.45) is 0 Å². The lowest BCUT2D eigenvalue weighted by Crippen LogP contribution is -2.03. The largest absolute Gasteiger partial charge is 0.454 e. The van der Waals surface area contributed by atoms with Crippen LogP contribution in [0.15, 0.2) is 30.7 Å². The molecule has 20 heavy (non-hydrogen) atoms. The second kappa shape index (κ2) is 4.37. The molecule has 3 heterocycles. The molecule has 3 aromatic rings. The zero-order valence-electron chi connectivity index (χ0n) is 10.5. The van der Waals surface area contributed by atoms with E-state index in [0.717, 1.165) is 33.9 Å². The third kappa shape index (κ3) is 1.80. The summed E-state index contributed by atoms with van der Waals surface area (Å²) >= 11 is 0. The molecule has 1 aliphatic rings. The summed E-state index contributed by atoms with van der Waals surface area (Å²) in [5.41, 5.74) is 0. The summed E-state index contributed by atoms with van der Waals surface area (Å²) in [6, 6.07) is 5.84. The van der Waals surface area contributed by atoms with Crippen LogP contribution in [0.1, 0.15) is 5.82 Å². The number of benzene rings is 1. The van der Waals surface area contributed by atoms with Gasteiger partial charge in [-0.25, -0.2) is 9.97 Å². The highest BCUT2D eigenvalue weighted by Crippen LogP contribution is 2.37. The monoisotopic (exact) mass is 269 g/mol. The Balaban J connectivity index is 1.71. The second-order valence-electron chi connectivity index (χ2n) is 4.37. The van der Waals surface area contributed by atoms with E-state index in [1.807, 2.05) is 18.2 Å². The van der Waals surface area contributed by atoms with Crippen LogP contribution >= 0.6 is 0 Å². The number of aromatic amines is 1. The number of rotatable bonds is 3. The number of fused-ring (bicyclic) bond motifs is 2. The summed E-state index contributed by atoms with van der Waals surface area (Å²) in [5, 5.41) is 11.9. The van der Waals surface area contributed by atoms with Crippen LogP contribution in [0.5, 0.6) is 11.5 Å². The van der Waals surface area contributed by atoms with Gasteiger partial charge in [0.25, 0.3) is 0 Å². The molecule has 1 aromatic carbocycles. The second-order valence-corrected chi connectivity index (χ2v) is 4.37. The summed E-state index contributed by atoms with van der Waals surface area (Å²) in [5.74, 6) is 3.04. The highest BCUT2D eigenvalue weighted by Gasteiger charge is 2.15. The fraction of sp³-hybridized carbons (Fsp3) is 0.154. The molecule has 0 bridgehead atoms. The van der Waals surface area contributed by atoms with Crippen LogP contribution in [-0.2, 0) is 6.54 Å². The van der Waals surface area contributed by atoms with Crippen molar-refractivity contribution in [2.75, 3.05) is 12.1 Å². The first kappa shape index (κ1) is 11.0. The number of hydrogen-bond donors (Lipinski definition) is 2. The van der Waals surface area contributed by atoms with E-state index in [1.54, 1.807) is 6.20 Å². The van der Waals surface area contributed by atoms with Crippen LogP contribution < -0.4 is 14.8 Å². The van der Waals surface area contributed by atoms with E-state index in [9.17, 15) is 0 Å². The third-order valence-electron chi connectivity index (χ3n) is 3.15. The Morgan fingerprint density at radius 1 is 1.20 bits per heavy atom. The fourth-order valence-corrected chi connectivity index (χ4v) is 2.19. The number of pyridine rings is 1. The smallest absolute Gasteiger partial charge is 0.231 e. The molecule has 2 aromatic heterocycles. The van der Waals surface area contributed by atoms with Crippen molar-refractivity contribution in [2.45, 2.75) is 6.54 Å². The Kier molecular flexibility index (Phi) is 2.41. The van der Waals surface area contributed by atoms with E-state index in [-0.39, 0.29) is 6.79 Å². The maximum Gasteiger partial charge on any atom is 0.231 e. The van der Waals surface area contributed by atoms with Crippen molar-refractivity contribution >= 4 is 16.6 Å². The molecule has 7 nitrogen and oxygen atoms in total. The molecule has 0 atom stereocenters. The van der Waals surface area contributed by atoms with Crippen LogP contribution in [0.2, 0.25) is 0 Å². The number of hydrogen-bond acceptors (Lipinski definition) is 6. The molecule has 0 amide bonds. The first-order chi connectivity index (χ1) is 9.90. The Hall–Kier alpha value is -2.83. The summed E-state index contributed by atoms with van der Waals surface area (Å²) < 4.78 is 10.8. The minimum atomic E-state index is 0.264. The average molecular weight is 269 g/mol. The van der Waals surface area contributed by atoms with Gasteiger partial charge in [0.1, 0.15) is 18.0 Å². The van der Waals surface area contributed by atoms with Gasteiger partial charge in [0.15, 0.2) is 11.5 Å². The van der Waals surface area contributed by atoms with E-state index in [0.29, 0.717) is 6.54 Å². The summed E-state index contributed by atoms with van der Waals surface area (Å²) in [6.45, 7) is 0.792. The van der Waals surface area contributed by atoms with Crippen LogP contribution in [0.4, 0.5) is 5.82 Å². The summed E-state index contributed by atoms with van der Waals surface area (Å²) in [4.78, 5) is 8.43. The van der Waals surface area contributed by atoms with Crippen LogP contribution in [0.3, 0.4) is 0 Å². The van der Waals surface area contributed by atoms with Gasteiger partial charge in [-0.15, -0.1) is 0 Å². The Morgan fingerprint density at radius 2 is 2.10 bits per heavy atom. The van der Waals surface area contributed by atoms with Crippen molar-refractivity contribution in [3.05, 3.63) is 36.5 Å². The number of aromatic nitrogens is 4. The van der Waals surface area contributed by atoms with Crippen LogP contribution in [-0.4, -0.2) is 27.0 Å². The quantitative estimate of drug-likeness (QED) is 0.752. The molecule has 4 rings (SSSR count). The van der Waals surface area contributed by atoms with Crippen LogP contribution in [0, 0.1) is 0 Å². The summed E-state index contributed by atoms with van der Waals surface area (Å²) in [7, 11) is 0. The number of anilines is 1. The molecule has 0 fully saturated rings. The van der Waals surface area contributed by atoms with Gasteiger partial charge in [0, 0.05) is 11.6 Å². The van der Waals surface area contributed by atoms with Crippen molar-refractivity contribution < 1.29 is 9.47 Å². The fourth-order valence-electron chi connectivity index (χ4n) is 2.19. The molecule has 100 valence electrons. The molecule has 2 N–H and O–H groups in total. The van der Waals surface area contributed by atoms with Gasteiger partial charge in [-0.1, -0.05) is 0 Å². The molecule has 7 heteroatoms. The predicted molar refractivity (Wildman–Crippen MR) is 71.6 cm³/mol. The number of ether oxygens (including phenoxy) is 2. The normalized spacial score (nSPS) is 12.8.